The van der Waals surface area contributed by atoms with Crippen molar-refractivity contribution in [2.75, 3.05) is 6.54 Å². The minimum atomic E-state index is -0.320. The fourth-order valence-electron chi connectivity index (χ4n) is 1.98. The first kappa shape index (κ1) is 15.1. The number of hydrogen-bond donors (Lipinski definition) is 1. The van der Waals surface area contributed by atoms with Crippen molar-refractivity contribution in [3.63, 3.8) is 0 Å². The quantitative estimate of drug-likeness (QED) is 0.874. The average molecular weight is 283 g/mol. The summed E-state index contributed by atoms with van der Waals surface area (Å²) in [7, 11) is 0. The Hall–Kier alpha value is -2.31. The summed E-state index contributed by atoms with van der Waals surface area (Å²) in [6, 6.07) is 12.6. The molecule has 0 fully saturated rings. The molecule has 2 aromatic carbocycles. The third-order valence-electron chi connectivity index (χ3n) is 3.00. The smallest absolute Gasteiger partial charge is 0.124 e. The summed E-state index contributed by atoms with van der Waals surface area (Å²) < 4.78 is 19.3. The fourth-order valence-corrected chi connectivity index (χ4v) is 1.98. The Morgan fingerprint density at radius 3 is 2.76 bits per heavy atom. The summed E-state index contributed by atoms with van der Waals surface area (Å²) in [6.45, 7) is 2.66. The number of ether oxygens (including phenoxy) is 1. The largest absolute Gasteiger partial charge is 0.489 e. The zero-order valence-corrected chi connectivity index (χ0v) is 12.0. The van der Waals surface area contributed by atoms with Gasteiger partial charge in [0, 0.05) is 5.56 Å². The van der Waals surface area contributed by atoms with Crippen LogP contribution in [0.5, 0.6) is 5.75 Å². The molecular weight excluding hydrogens is 265 g/mol. The van der Waals surface area contributed by atoms with E-state index in [0.717, 1.165) is 17.7 Å². The second-order valence-corrected chi connectivity index (χ2v) is 4.64. The van der Waals surface area contributed by atoms with Gasteiger partial charge in [0.25, 0.3) is 0 Å². The number of benzene rings is 2. The summed E-state index contributed by atoms with van der Waals surface area (Å²) in [5.41, 5.74) is 7.89. The molecule has 3 heteroatoms. The van der Waals surface area contributed by atoms with Crippen LogP contribution in [0.3, 0.4) is 0 Å². The molecule has 21 heavy (non-hydrogen) atoms. The molecule has 2 aromatic rings. The van der Waals surface area contributed by atoms with E-state index in [1.807, 2.05) is 24.3 Å². The molecule has 0 saturated heterocycles. The molecule has 0 amide bonds. The number of aryl methyl sites for hydroxylation is 1. The van der Waals surface area contributed by atoms with E-state index in [-0.39, 0.29) is 12.4 Å². The zero-order chi connectivity index (χ0) is 15.1. The van der Waals surface area contributed by atoms with E-state index in [4.69, 9.17) is 10.5 Å². The Morgan fingerprint density at radius 1 is 1.14 bits per heavy atom. The van der Waals surface area contributed by atoms with Crippen molar-refractivity contribution in [1.29, 1.82) is 0 Å². The molecule has 108 valence electrons. The van der Waals surface area contributed by atoms with Gasteiger partial charge < -0.3 is 10.5 Å². The normalized spacial score (nSPS) is 9.86. The molecule has 0 aliphatic carbocycles. The maximum absolute atomic E-state index is 13.5. The first-order valence-corrected chi connectivity index (χ1v) is 6.91. The lowest BCUT2D eigenvalue weighted by Crippen LogP contribution is -1.98. The molecule has 2 nitrogen and oxygen atoms in total. The highest BCUT2D eigenvalue weighted by Gasteiger charge is 2.02. The summed E-state index contributed by atoms with van der Waals surface area (Å²) in [5.74, 6) is 6.02. The molecule has 0 atom stereocenters. The van der Waals surface area contributed by atoms with Gasteiger partial charge in [0.15, 0.2) is 0 Å². The Kier molecular flexibility index (Phi) is 5.36. The van der Waals surface area contributed by atoms with Crippen molar-refractivity contribution in [1.82, 2.24) is 0 Å². The second-order valence-electron chi connectivity index (χ2n) is 4.64. The number of nitrogens with two attached hydrogens (primary N) is 1. The van der Waals surface area contributed by atoms with Crippen LogP contribution in [0.15, 0.2) is 42.5 Å². The average Bonchev–Trinajstić information content (AvgIpc) is 2.50. The van der Waals surface area contributed by atoms with Crippen molar-refractivity contribution in [3.05, 3.63) is 65.0 Å². The van der Waals surface area contributed by atoms with Crippen LogP contribution in [0, 0.1) is 17.7 Å². The molecule has 2 N–H and O–H groups in total. The van der Waals surface area contributed by atoms with Gasteiger partial charge in [0.05, 0.1) is 6.54 Å². The van der Waals surface area contributed by atoms with Gasteiger partial charge in [-0.3, -0.25) is 0 Å². The molecule has 0 aliphatic heterocycles. The van der Waals surface area contributed by atoms with E-state index in [2.05, 4.69) is 24.8 Å². The minimum absolute atomic E-state index is 0.256. The van der Waals surface area contributed by atoms with Crippen molar-refractivity contribution in [2.24, 2.45) is 5.73 Å². The summed E-state index contributed by atoms with van der Waals surface area (Å²) in [4.78, 5) is 0. The molecule has 0 heterocycles. The van der Waals surface area contributed by atoms with Crippen LogP contribution in [-0.2, 0) is 13.0 Å². The molecule has 0 aliphatic rings. The van der Waals surface area contributed by atoms with Crippen LogP contribution >= 0.6 is 0 Å². The Morgan fingerprint density at radius 2 is 2.00 bits per heavy atom. The van der Waals surface area contributed by atoms with E-state index in [1.165, 1.54) is 17.7 Å². The predicted molar refractivity (Wildman–Crippen MR) is 82.5 cm³/mol. The Balaban J connectivity index is 2.10. The van der Waals surface area contributed by atoms with Gasteiger partial charge in [0.2, 0.25) is 0 Å². The Bertz CT molecular complexity index is 670. The van der Waals surface area contributed by atoms with Crippen LogP contribution < -0.4 is 10.5 Å². The fraction of sp³-hybridized carbons (Fsp3) is 0.222. The lowest BCUT2D eigenvalue weighted by Gasteiger charge is -2.08. The van der Waals surface area contributed by atoms with E-state index in [9.17, 15) is 4.39 Å². The maximum atomic E-state index is 13.5. The van der Waals surface area contributed by atoms with Crippen molar-refractivity contribution in [2.45, 2.75) is 20.0 Å². The summed E-state index contributed by atoms with van der Waals surface area (Å²) in [6.07, 6.45) is 0.954. The van der Waals surface area contributed by atoms with Crippen molar-refractivity contribution >= 4 is 0 Å². The van der Waals surface area contributed by atoms with Crippen LogP contribution in [-0.4, -0.2) is 6.54 Å². The first-order valence-electron chi connectivity index (χ1n) is 6.91. The summed E-state index contributed by atoms with van der Waals surface area (Å²) in [5, 5.41) is 0. The number of rotatable bonds is 4. The van der Waals surface area contributed by atoms with Crippen molar-refractivity contribution < 1.29 is 9.13 Å². The molecular formula is C18H18FNO. The molecule has 0 spiro atoms. The third kappa shape index (κ3) is 4.62. The lowest BCUT2D eigenvalue weighted by atomic mass is 10.1. The molecule has 2 rings (SSSR count). The molecule has 0 saturated carbocycles. The van der Waals surface area contributed by atoms with Crippen LogP contribution in [0.4, 0.5) is 4.39 Å². The van der Waals surface area contributed by atoms with Crippen molar-refractivity contribution in [3.8, 4) is 17.6 Å². The molecule has 0 unspecified atom stereocenters. The molecule has 0 bridgehead atoms. The van der Waals surface area contributed by atoms with Gasteiger partial charge in [-0.05, 0) is 47.9 Å². The standard InChI is InChI=1S/C18H18FNO/c1-2-14-5-3-7-18(12-14)21-13-16-9-15(6-4-8-20)10-17(19)11-16/h3,5,7,9-12H,2,8,13,20H2,1H3. The predicted octanol–water partition coefficient (Wildman–Crippen LogP) is 3.28. The van der Waals surface area contributed by atoms with Crippen LogP contribution in [0.1, 0.15) is 23.6 Å². The van der Waals surface area contributed by atoms with Crippen LogP contribution in [0.25, 0.3) is 0 Å². The maximum Gasteiger partial charge on any atom is 0.124 e. The number of hydrogen-bond acceptors (Lipinski definition) is 2. The van der Waals surface area contributed by atoms with E-state index in [0.29, 0.717) is 12.2 Å². The topological polar surface area (TPSA) is 35.2 Å². The van der Waals surface area contributed by atoms with Gasteiger partial charge in [-0.15, -0.1) is 0 Å². The Labute approximate surface area is 124 Å². The van der Waals surface area contributed by atoms with E-state index >= 15 is 0 Å². The highest BCUT2D eigenvalue weighted by Crippen LogP contribution is 2.16. The van der Waals surface area contributed by atoms with Crippen LogP contribution in [0.2, 0.25) is 0 Å². The second kappa shape index (κ2) is 7.47. The highest BCUT2D eigenvalue weighted by atomic mass is 19.1. The third-order valence-corrected chi connectivity index (χ3v) is 3.00. The summed E-state index contributed by atoms with van der Waals surface area (Å²) >= 11 is 0. The SMILES string of the molecule is CCc1cccc(OCc2cc(F)cc(C#CCN)c2)c1. The van der Waals surface area contributed by atoms with E-state index < -0.39 is 0 Å². The van der Waals surface area contributed by atoms with E-state index in [1.54, 1.807) is 0 Å². The van der Waals surface area contributed by atoms with Gasteiger partial charge in [0.1, 0.15) is 18.2 Å². The molecule has 0 radical (unpaired) electrons. The minimum Gasteiger partial charge on any atom is -0.489 e. The van der Waals surface area contributed by atoms with Gasteiger partial charge >= 0.3 is 0 Å². The van der Waals surface area contributed by atoms with Gasteiger partial charge in [-0.1, -0.05) is 30.9 Å². The number of halogens is 1. The highest BCUT2D eigenvalue weighted by molar-refractivity contribution is 5.38. The van der Waals surface area contributed by atoms with Gasteiger partial charge in [-0.25, -0.2) is 4.39 Å². The zero-order valence-electron chi connectivity index (χ0n) is 12.0. The van der Waals surface area contributed by atoms with Gasteiger partial charge in [-0.2, -0.15) is 0 Å². The lowest BCUT2D eigenvalue weighted by molar-refractivity contribution is 0.305. The first-order chi connectivity index (χ1) is 10.2. The molecule has 0 aromatic heterocycles. The monoisotopic (exact) mass is 283 g/mol.